The highest BCUT2D eigenvalue weighted by atomic mass is 32.1. The third-order valence-corrected chi connectivity index (χ3v) is 9.10. The molecule has 6 rings (SSSR count). The fraction of sp³-hybridized carbons (Fsp3) is 0.273. The molecular formula is C33H36N6O2S. The number of aromatic nitrogens is 2. The second-order valence-electron chi connectivity index (χ2n) is 10.8. The number of likely N-dealkylation sites (N-methyl/N-ethyl adjacent to an activating group) is 1. The predicted molar refractivity (Wildman–Crippen MR) is 174 cm³/mol. The average molecular weight is 581 g/mol. The lowest BCUT2D eigenvalue weighted by atomic mass is 10.0. The Kier molecular flexibility index (Phi) is 7.97. The fourth-order valence-electron chi connectivity index (χ4n) is 5.68. The highest BCUT2D eigenvalue weighted by Gasteiger charge is 2.18. The number of benzene rings is 2. The number of nitrogen functional groups attached to an aromatic ring is 1. The number of ether oxygens (including phenoxy) is 1. The topological polar surface area (TPSA) is 88.7 Å². The summed E-state index contributed by atoms with van der Waals surface area (Å²) < 4.78 is 8.73. The van der Waals surface area contributed by atoms with Crippen LogP contribution < -0.4 is 15.8 Å². The lowest BCUT2D eigenvalue weighted by molar-refractivity contribution is 0.101. The SMILES string of the molecule is COc1cc(-c2csc3c(/C=C/CN4CCCN(C)CC4)cnc(N)c23)ccc1NC(=O)c1cc2ccccc2n1C. The lowest BCUT2D eigenvalue weighted by Crippen LogP contribution is -2.28. The van der Waals surface area contributed by atoms with E-state index in [1.165, 1.54) is 6.42 Å². The molecule has 0 spiro atoms. The summed E-state index contributed by atoms with van der Waals surface area (Å²) in [5.41, 5.74) is 11.6. The van der Waals surface area contributed by atoms with Gasteiger partial charge in [0, 0.05) is 65.0 Å². The Bertz CT molecular complexity index is 1790. The first kappa shape index (κ1) is 28.0. The number of carbonyl (C=O) groups excluding carboxylic acids is 1. The van der Waals surface area contributed by atoms with Crippen LogP contribution in [0.3, 0.4) is 0 Å². The van der Waals surface area contributed by atoms with E-state index in [0.717, 1.165) is 70.4 Å². The quantitative estimate of drug-likeness (QED) is 0.247. The average Bonchev–Trinajstić information content (AvgIpc) is 3.53. The number of hydrogen-bond acceptors (Lipinski definition) is 7. The number of pyridine rings is 1. The Hall–Kier alpha value is -4.18. The summed E-state index contributed by atoms with van der Waals surface area (Å²) in [5, 5.41) is 7.11. The van der Waals surface area contributed by atoms with Crippen LogP contribution in [0, 0.1) is 0 Å². The van der Waals surface area contributed by atoms with Crippen molar-refractivity contribution in [1.29, 1.82) is 0 Å². The van der Waals surface area contributed by atoms with Crippen LogP contribution in [0.5, 0.6) is 5.75 Å². The summed E-state index contributed by atoms with van der Waals surface area (Å²) in [6.45, 7) is 5.38. The van der Waals surface area contributed by atoms with Crippen molar-refractivity contribution in [3.8, 4) is 16.9 Å². The molecule has 5 aromatic rings. The van der Waals surface area contributed by atoms with Crippen molar-refractivity contribution >= 4 is 55.8 Å². The number of anilines is 2. The van der Waals surface area contributed by atoms with Gasteiger partial charge in [-0.3, -0.25) is 9.69 Å². The molecule has 1 saturated heterocycles. The number of amides is 1. The molecule has 0 aliphatic carbocycles. The minimum absolute atomic E-state index is 0.196. The van der Waals surface area contributed by atoms with Gasteiger partial charge < -0.3 is 25.3 Å². The minimum Gasteiger partial charge on any atom is -0.495 e. The van der Waals surface area contributed by atoms with Crippen LogP contribution in [0.25, 0.3) is 38.2 Å². The van der Waals surface area contributed by atoms with E-state index in [2.05, 4.69) is 44.7 Å². The standard InChI is InChI=1S/C33H36N6O2S/c1-37-13-7-15-39(17-16-37)14-6-9-24-20-35-32(34)30-25(21-42-31(24)30)22-11-12-26(29(19-22)41-3)36-33(40)28-18-23-8-4-5-10-27(23)38(28)2/h4-6,8-12,18-21H,7,13-17H2,1-3H3,(H2,34,35)(H,36,40)/b9-6+. The van der Waals surface area contributed by atoms with Gasteiger partial charge in [0.2, 0.25) is 0 Å². The van der Waals surface area contributed by atoms with Crippen molar-refractivity contribution in [2.45, 2.75) is 6.42 Å². The molecule has 9 heteroatoms. The maximum atomic E-state index is 13.2. The molecule has 42 heavy (non-hydrogen) atoms. The lowest BCUT2D eigenvalue weighted by Gasteiger charge is -2.17. The molecule has 1 fully saturated rings. The van der Waals surface area contributed by atoms with Gasteiger partial charge >= 0.3 is 0 Å². The molecular weight excluding hydrogens is 544 g/mol. The van der Waals surface area contributed by atoms with Crippen LogP contribution in [0.4, 0.5) is 11.5 Å². The zero-order valence-electron chi connectivity index (χ0n) is 24.3. The first-order valence-electron chi connectivity index (χ1n) is 14.2. The first-order valence-corrected chi connectivity index (χ1v) is 15.1. The van der Waals surface area contributed by atoms with Gasteiger partial charge in [-0.2, -0.15) is 0 Å². The summed E-state index contributed by atoms with van der Waals surface area (Å²) >= 11 is 1.66. The minimum atomic E-state index is -0.196. The van der Waals surface area contributed by atoms with Crippen molar-refractivity contribution in [2.75, 3.05) is 57.9 Å². The number of fused-ring (bicyclic) bond motifs is 2. The Morgan fingerprint density at radius 3 is 2.81 bits per heavy atom. The second kappa shape index (κ2) is 12.0. The molecule has 1 aliphatic rings. The van der Waals surface area contributed by atoms with Crippen molar-refractivity contribution in [1.82, 2.24) is 19.4 Å². The van der Waals surface area contributed by atoms with E-state index in [1.54, 1.807) is 18.4 Å². The molecule has 1 amide bonds. The van der Waals surface area contributed by atoms with E-state index in [0.29, 0.717) is 22.9 Å². The normalized spacial score (nSPS) is 15.0. The van der Waals surface area contributed by atoms with Gasteiger partial charge in [0.25, 0.3) is 5.91 Å². The third-order valence-electron chi connectivity index (χ3n) is 8.07. The maximum absolute atomic E-state index is 13.2. The van der Waals surface area contributed by atoms with E-state index in [1.807, 2.05) is 66.3 Å². The molecule has 0 unspecified atom stereocenters. The Labute approximate surface area is 250 Å². The second-order valence-corrected chi connectivity index (χ2v) is 11.7. The molecule has 216 valence electrons. The summed E-state index contributed by atoms with van der Waals surface area (Å²) in [7, 11) is 5.70. The van der Waals surface area contributed by atoms with Crippen LogP contribution in [0.15, 0.2) is 66.2 Å². The van der Waals surface area contributed by atoms with E-state index in [4.69, 9.17) is 10.5 Å². The van der Waals surface area contributed by atoms with Crippen molar-refractivity contribution in [2.24, 2.45) is 7.05 Å². The predicted octanol–water partition coefficient (Wildman–Crippen LogP) is 5.95. The number of aryl methyl sites for hydroxylation is 1. The smallest absolute Gasteiger partial charge is 0.272 e. The molecule has 3 N–H and O–H groups in total. The van der Waals surface area contributed by atoms with Crippen LogP contribution in [0.2, 0.25) is 0 Å². The van der Waals surface area contributed by atoms with Crippen LogP contribution in [0.1, 0.15) is 22.5 Å². The fourth-order valence-corrected chi connectivity index (χ4v) is 6.76. The number of rotatable bonds is 7. The van der Waals surface area contributed by atoms with Gasteiger partial charge in [0.05, 0.1) is 12.8 Å². The number of carbonyl (C=O) groups is 1. The summed E-state index contributed by atoms with van der Waals surface area (Å²) in [6, 6.07) is 15.7. The molecule has 0 bridgehead atoms. The monoisotopic (exact) mass is 580 g/mol. The van der Waals surface area contributed by atoms with Gasteiger partial charge in [-0.05, 0) is 61.8 Å². The largest absolute Gasteiger partial charge is 0.495 e. The number of methoxy groups -OCH3 is 1. The Morgan fingerprint density at radius 2 is 1.98 bits per heavy atom. The number of nitrogens with one attached hydrogen (secondary N) is 1. The number of hydrogen-bond donors (Lipinski definition) is 2. The summed E-state index contributed by atoms with van der Waals surface area (Å²) in [6.07, 6.45) is 7.45. The number of nitrogens with two attached hydrogens (primary N) is 1. The number of para-hydroxylation sites is 1. The summed E-state index contributed by atoms with van der Waals surface area (Å²) in [4.78, 5) is 22.7. The Balaban J connectivity index is 1.25. The van der Waals surface area contributed by atoms with E-state index < -0.39 is 0 Å². The van der Waals surface area contributed by atoms with Gasteiger partial charge in [-0.25, -0.2) is 4.98 Å². The first-order chi connectivity index (χ1) is 20.4. The van der Waals surface area contributed by atoms with Gasteiger partial charge in [-0.1, -0.05) is 36.4 Å². The summed E-state index contributed by atoms with van der Waals surface area (Å²) in [5.74, 6) is 0.878. The third kappa shape index (κ3) is 5.51. The number of nitrogens with zero attached hydrogens (tertiary/aromatic N) is 4. The molecule has 1 aliphatic heterocycles. The number of thiophene rings is 1. The van der Waals surface area contributed by atoms with E-state index >= 15 is 0 Å². The molecule has 0 saturated carbocycles. The van der Waals surface area contributed by atoms with Gasteiger partial charge in [-0.15, -0.1) is 11.3 Å². The zero-order valence-corrected chi connectivity index (χ0v) is 25.1. The molecule has 2 aromatic carbocycles. The maximum Gasteiger partial charge on any atom is 0.272 e. The van der Waals surface area contributed by atoms with Gasteiger partial charge in [0.15, 0.2) is 0 Å². The van der Waals surface area contributed by atoms with Crippen molar-refractivity contribution in [3.05, 3.63) is 77.4 Å². The van der Waals surface area contributed by atoms with Crippen molar-refractivity contribution in [3.63, 3.8) is 0 Å². The van der Waals surface area contributed by atoms with Crippen LogP contribution in [-0.2, 0) is 7.05 Å². The van der Waals surface area contributed by atoms with Crippen LogP contribution >= 0.6 is 11.3 Å². The van der Waals surface area contributed by atoms with Crippen LogP contribution in [-0.4, -0.2) is 72.1 Å². The highest BCUT2D eigenvalue weighted by molar-refractivity contribution is 7.18. The molecule has 0 atom stereocenters. The van der Waals surface area contributed by atoms with E-state index in [9.17, 15) is 4.79 Å². The molecule has 3 aromatic heterocycles. The zero-order chi connectivity index (χ0) is 29.2. The molecule has 4 heterocycles. The van der Waals surface area contributed by atoms with Crippen molar-refractivity contribution < 1.29 is 9.53 Å². The Morgan fingerprint density at radius 1 is 1.12 bits per heavy atom. The van der Waals surface area contributed by atoms with Gasteiger partial charge in [0.1, 0.15) is 17.3 Å². The molecule has 0 radical (unpaired) electrons. The molecule has 8 nitrogen and oxygen atoms in total. The highest BCUT2D eigenvalue weighted by Crippen LogP contribution is 2.41. The van der Waals surface area contributed by atoms with E-state index in [-0.39, 0.29) is 5.91 Å².